The van der Waals surface area contributed by atoms with Crippen LogP contribution in [0.1, 0.15) is 54.8 Å². The van der Waals surface area contributed by atoms with Crippen molar-refractivity contribution >= 4 is 11.8 Å². The van der Waals surface area contributed by atoms with Gasteiger partial charge in [0.1, 0.15) is 5.75 Å². The smallest absolute Gasteiger partial charge is 0.289 e. The van der Waals surface area contributed by atoms with Gasteiger partial charge in [-0.3, -0.25) is 9.59 Å². The lowest BCUT2D eigenvalue weighted by molar-refractivity contribution is -0.137. The Balaban J connectivity index is 1.37. The topological polar surface area (TPSA) is 63.0 Å². The average Bonchev–Trinajstić information content (AvgIpc) is 3.46. The third-order valence-electron chi connectivity index (χ3n) is 5.98. The summed E-state index contributed by atoms with van der Waals surface area (Å²) < 4.78 is 10.7. The average molecular weight is 396 g/mol. The maximum absolute atomic E-state index is 13.2. The van der Waals surface area contributed by atoms with Crippen molar-refractivity contribution in [2.75, 3.05) is 26.2 Å². The van der Waals surface area contributed by atoms with Gasteiger partial charge >= 0.3 is 0 Å². The molecule has 29 heavy (non-hydrogen) atoms. The van der Waals surface area contributed by atoms with Crippen molar-refractivity contribution in [2.24, 2.45) is 5.92 Å². The summed E-state index contributed by atoms with van der Waals surface area (Å²) in [6.45, 7) is 4.62. The molecule has 0 bridgehead atoms. The van der Waals surface area contributed by atoms with Crippen molar-refractivity contribution in [3.05, 3.63) is 54.0 Å². The fourth-order valence-electron chi connectivity index (χ4n) is 4.45. The molecule has 2 aromatic rings. The third-order valence-corrected chi connectivity index (χ3v) is 5.98. The van der Waals surface area contributed by atoms with E-state index in [-0.39, 0.29) is 23.8 Å². The first-order valence-corrected chi connectivity index (χ1v) is 10.5. The Hall–Kier alpha value is -2.76. The first kappa shape index (κ1) is 19.6. The zero-order valence-electron chi connectivity index (χ0n) is 16.9. The quantitative estimate of drug-likeness (QED) is 0.769. The van der Waals surface area contributed by atoms with E-state index >= 15 is 0 Å². The highest BCUT2D eigenvalue weighted by Gasteiger charge is 2.36. The second-order valence-electron chi connectivity index (χ2n) is 7.74. The normalized spacial score (nSPS) is 20.1. The molecule has 0 radical (unpaired) electrons. The lowest BCUT2D eigenvalue weighted by Crippen LogP contribution is -2.44. The molecule has 2 fully saturated rings. The molecule has 1 atom stereocenters. The van der Waals surface area contributed by atoms with Gasteiger partial charge < -0.3 is 19.0 Å². The summed E-state index contributed by atoms with van der Waals surface area (Å²) in [6, 6.07) is 11.7. The number of furan rings is 1. The Morgan fingerprint density at radius 2 is 1.83 bits per heavy atom. The minimum atomic E-state index is -0.0886. The summed E-state index contributed by atoms with van der Waals surface area (Å²) >= 11 is 0. The number of amides is 2. The molecule has 3 heterocycles. The summed E-state index contributed by atoms with van der Waals surface area (Å²) in [4.78, 5) is 29.5. The molecule has 6 heteroatoms. The van der Waals surface area contributed by atoms with E-state index in [9.17, 15) is 9.59 Å². The zero-order chi connectivity index (χ0) is 20.2. The Morgan fingerprint density at radius 1 is 1.07 bits per heavy atom. The van der Waals surface area contributed by atoms with E-state index in [0.29, 0.717) is 38.3 Å². The number of carbonyl (C=O) groups is 2. The molecule has 2 aliphatic rings. The van der Waals surface area contributed by atoms with Gasteiger partial charge in [-0.05, 0) is 62.4 Å². The van der Waals surface area contributed by atoms with E-state index in [1.807, 2.05) is 24.0 Å². The van der Waals surface area contributed by atoms with Gasteiger partial charge in [0.15, 0.2) is 5.76 Å². The first-order chi connectivity index (χ1) is 14.2. The fraction of sp³-hybridized carbons (Fsp3) is 0.478. The maximum atomic E-state index is 13.2. The minimum absolute atomic E-state index is 0.0149. The predicted molar refractivity (Wildman–Crippen MR) is 109 cm³/mol. The van der Waals surface area contributed by atoms with Gasteiger partial charge in [0, 0.05) is 25.6 Å². The van der Waals surface area contributed by atoms with E-state index < -0.39 is 0 Å². The molecule has 1 unspecified atom stereocenters. The van der Waals surface area contributed by atoms with Gasteiger partial charge in [0.25, 0.3) is 5.91 Å². The number of rotatable bonds is 5. The van der Waals surface area contributed by atoms with E-state index in [1.165, 1.54) is 11.8 Å². The molecule has 2 aliphatic heterocycles. The van der Waals surface area contributed by atoms with Gasteiger partial charge in [0.2, 0.25) is 5.91 Å². The van der Waals surface area contributed by atoms with Crippen LogP contribution in [0.4, 0.5) is 0 Å². The molecule has 1 aromatic carbocycles. The molecule has 2 amide bonds. The standard InChI is InChI=1S/C23H28N2O4/c1-2-28-19-9-7-17(8-10-19)20-5-3-13-25(20)22(26)18-11-14-24(15-12-18)23(27)21-6-4-16-29-21/h4,6-10,16,18,20H,2-3,5,11-15H2,1H3. The number of ether oxygens (including phenoxy) is 1. The summed E-state index contributed by atoms with van der Waals surface area (Å²) in [7, 11) is 0. The van der Waals surface area contributed by atoms with Crippen molar-refractivity contribution in [1.29, 1.82) is 0 Å². The SMILES string of the molecule is CCOc1ccc(C2CCCN2C(=O)C2CCN(C(=O)c3ccco3)CC2)cc1. The van der Waals surface area contributed by atoms with Crippen LogP contribution < -0.4 is 4.74 Å². The van der Waals surface area contributed by atoms with E-state index in [0.717, 1.165) is 25.1 Å². The number of hydrogen-bond acceptors (Lipinski definition) is 4. The van der Waals surface area contributed by atoms with Crippen LogP contribution in [0, 0.1) is 5.92 Å². The molecule has 1 aromatic heterocycles. The lowest BCUT2D eigenvalue weighted by Gasteiger charge is -2.34. The molecule has 6 nitrogen and oxygen atoms in total. The Morgan fingerprint density at radius 3 is 2.48 bits per heavy atom. The van der Waals surface area contributed by atoms with E-state index in [1.54, 1.807) is 17.0 Å². The summed E-state index contributed by atoms with van der Waals surface area (Å²) in [6.07, 6.45) is 4.95. The minimum Gasteiger partial charge on any atom is -0.494 e. The van der Waals surface area contributed by atoms with Crippen LogP contribution in [0.5, 0.6) is 5.75 Å². The molecule has 154 valence electrons. The Kier molecular flexibility index (Phi) is 5.88. The number of benzene rings is 1. The highest BCUT2D eigenvalue weighted by Crippen LogP contribution is 2.35. The molecular weight excluding hydrogens is 368 g/mol. The number of likely N-dealkylation sites (tertiary alicyclic amines) is 2. The molecule has 0 spiro atoms. The van der Waals surface area contributed by atoms with Crippen molar-refractivity contribution in [3.8, 4) is 5.75 Å². The number of hydrogen-bond donors (Lipinski definition) is 0. The Labute approximate surface area is 171 Å². The summed E-state index contributed by atoms with van der Waals surface area (Å²) in [5, 5.41) is 0. The van der Waals surface area contributed by atoms with Crippen LogP contribution in [-0.4, -0.2) is 47.9 Å². The molecule has 0 saturated carbocycles. The van der Waals surface area contributed by atoms with Crippen LogP contribution >= 0.6 is 0 Å². The predicted octanol–water partition coefficient (Wildman–Crippen LogP) is 3.89. The lowest BCUT2D eigenvalue weighted by atomic mass is 9.94. The van der Waals surface area contributed by atoms with Crippen LogP contribution in [-0.2, 0) is 4.79 Å². The van der Waals surface area contributed by atoms with Crippen LogP contribution in [0.3, 0.4) is 0 Å². The molecule has 2 saturated heterocycles. The maximum Gasteiger partial charge on any atom is 0.289 e. The summed E-state index contributed by atoms with van der Waals surface area (Å²) in [5.74, 6) is 1.35. The molecule has 0 aliphatic carbocycles. The fourth-order valence-corrected chi connectivity index (χ4v) is 4.45. The van der Waals surface area contributed by atoms with Crippen molar-refractivity contribution < 1.29 is 18.7 Å². The van der Waals surface area contributed by atoms with Gasteiger partial charge in [0.05, 0.1) is 18.9 Å². The highest BCUT2D eigenvalue weighted by molar-refractivity contribution is 5.91. The third kappa shape index (κ3) is 4.16. The number of nitrogens with zero attached hydrogens (tertiary/aromatic N) is 2. The second-order valence-corrected chi connectivity index (χ2v) is 7.74. The van der Waals surface area contributed by atoms with Gasteiger partial charge in [-0.2, -0.15) is 0 Å². The van der Waals surface area contributed by atoms with Crippen LogP contribution in [0.25, 0.3) is 0 Å². The van der Waals surface area contributed by atoms with E-state index in [2.05, 4.69) is 12.1 Å². The monoisotopic (exact) mass is 396 g/mol. The largest absolute Gasteiger partial charge is 0.494 e. The van der Waals surface area contributed by atoms with Gasteiger partial charge in [-0.1, -0.05) is 12.1 Å². The van der Waals surface area contributed by atoms with Crippen molar-refractivity contribution in [2.45, 2.75) is 38.6 Å². The van der Waals surface area contributed by atoms with Crippen molar-refractivity contribution in [3.63, 3.8) is 0 Å². The first-order valence-electron chi connectivity index (χ1n) is 10.5. The van der Waals surface area contributed by atoms with Gasteiger partial charge in [-0.15, -0.1) is 0 Å². The van der Waals surface area contributed by atoms with Crippen LogP contribution in [0.2, 0.25) is 0 Å². The van der Waals surface area contributed by atoms with Gasteiger partial charge in [-0.25, -0.2) is 0 Å². The highest BCUT2D eigenvalue weighted by atomic mass is 16.5. The van der Waals surface area contributed by atoms with Crippen LogP contribution in [0.15, 0.2) is 47.1 Å². The summed E-state index contributed by atoms with van der Waals surface area (Å²) in [5.41, 5.74) is 1.17. The number of carbonyl (C=O) groups excluding carboxylic acids is 2. The van der Waals surface area contributed by atoms with E-state index in [4.69, 9.17) is 9.15 Å². The molecule has 4 rings (SSSR count). The molecular formula is C23H28N2O4. The zero-order valence-corrected chi connectivity index (χ0v) is 16.9. The number of piperidine rings is 1. The molecule has 0 N–H and O–H groups in total. The van der Waals surface area contributed by atoms with Crippen molar-refractivity contribution in [1.82, 2.24) is 9.80 Å². The second kappa shape index (κ2) is 8.72. The Bertz CT molecular complexity index is 823.